The number of alkyl halides is 2. The van der Waals surface area contributed by atoms with Crippen LogP contribution in [0.4, 0.5) is 0 Å². The molecule has 0 saturated carbocycles. The fourth-order valence-electron chi connectivity index (χ4n) is 2.18. The molecule has 1 fully saturated rings. The third-order valence-corrected chi connectivity index (χ3v) is 4.49. The van der Waals surface area contributed by atoms with Crippen LogP contribution in [-0.4, -0.2) is 34.0 Å². The molecule has 0 aliphatic carbocycles. The minimum atomic E-state index is -1.11. The standard InChI is InChI=1S/C14H16Cl2O3/c1-7-3-4-8(2)9(5-7)10(17)6-11-12(15)13(16)14(18)19-11/h3-5,11-14,18H,6H2,1-2H3/t11-,12-,13+,14-/m1/s1. The van der Waals surface area contributed by atoms with Crippen LogP contribution in [0.5, 0.6) is 0 Å². The highest BCUT2D eigenvalue weighted by molar-refractivity contribution is 6.31. The molecule has 0 unspecified atom stereocenters. The SMILES string of the molecule is Cc1ccc(C)c(C(=O)C[C@H]2O[C@@H](O)[C@@H](Cl)[C@@H]2Cl)c1. The lowest BCUT2D eigenvalue weighted by atomic mass is 9.97. The van der Waals surface area contributed by atoms with Gasteiger partial charge in [-0.15, -0.1) is 23.2 Å². The summed E-state index contributed by atoms with van der Waals surface area (Å²) < 4.78 is 5.22. The van der Waals surface area contributed by atoms with E-state index in [2.05, 4.69) is 0 Å². The van der Waals surface area contributed by atoms with Crippen molar-refractivity contribution in [2.24, 2.45) is 0 Å². The smallest absolute Gasteiger partial charge is 0.172 e. The molecular formula is C14H16Cl2O3. The van der Waals surface area contributed by atoms with E-state index in [1.807, 2.05) is 32.0 Å². The van der Waals surface area contributed by atoms with E-state index in [0.29, 0.717) is 5.56 Å². The molecule has 104 valence electrons. The number of benzene rings is 1. The van der Waals surface area contributed by atoms with Gasteiger partial charge in [0.15, 0.2) is 12.1 Å². The summed E-state index contributed by atoms with van der Waals surface area (Å²) in [5, 5.41) is 8.22. The number of ether oxygens (including phenoxy) is 1. The molecule has 1 aliphatic rings. The fraction of sp³-hybridized carbons (Fsp3) is 0.500. The zero-order valence-corrected chi connectivity index (χ0v) is 12.3. The first-order valence-electron chi connectivity index (χ1n) is 6.12. The van der Waals surface area contributed by atoms with Crippen molar-refractivity contribution < 1.29 is 14.6 Å². The van der Waals surface area contributed by atoms with E-state index < -0.39 is 23.1 Å². The summed E-state index contributed by atoms with van der Waals surface area (Å²) in [6, 6.07) is 5.72. The molecule has 3 nitrogen and oxygen atoms in total. The average Bonchev–Trinajstić information content (AvgIpc) is 2.60. The third kappa shape index (κ3) is 3.11. The summed E-state index contributed by atoms with van der Waals surface area (Å²) in [5.74, 6) is -0.0465. The summed E-state index contributed by atoms with van der Waals surface area (Å²) in [4.78, 5) is 12.3. The maximum absolute atomic E-state index is 12.3. The van der Waals surface area contributed by atoms with Crippen LogP contribution in [0, 0.1) is 13.8 Å². The van der Waals surface area contributed by atoms with Crippen LogP contribution in [-0.2, 0) is 4.74 Å². The zero-order chi connectivity index (χ0) is 14.2. The second-order valence-corrected chi connectivity index (χ2v) is 5.91. The molecule has 5 heteroatoms. The van der Waals surface area contributed by atoms with Gasteiger partial charge in [0.1, 0.15) is 5.38 Å². The number of halogens is 2. The van der Waals surface area contributed by atoms with E-state index >= 15 is 0 Å². The Balaban J connectivity index is 2.12. The van der Waals surface area contributed by atoms with Gasteiger partial charge in [0.2, 0.25) is 0 Å². The van der Waals surface area contributed by atoms with Crippen molar-refractivity contribution in [2.75, 3.05) is 0 Å². The Morgan fingerprint density at radius 1 is 1.32 bits per heavy atom. The number of carbonyl (C=O) groups is 1. The topological polar surface area (TPSA) is 46.5 Å². The molecule has 1 saturated heterocycles. The fourth-order valence-corrected chi connectivity index (χ4v) is 2.68. The molecule has 0 bridgehead atoms. The molecule has 2 rings (SSSR count). The molecular weight excluding hydrogens is 287 g/mol. The highest BCUT2D eigenvalue weighted by Crippen LogP contribution is 2.31. The summed E-state index contributed by atoms with van der Waals surface area (Å²) in [7, 11) is 0. The van der Waals surface area contributed by atoms with Crippen molar-refractivity contribution in [2.45, 2.75) is 43.4 Å². The normalized spacial score (nSPS) is 30.6. The van der Waals surface area contributed by atoms with E-state index in [-0.39, 0.29) is 12.2 Å². The number of hydrogen-bond donors (Lipinski definition) is 1. The molecule has 0 amide bonds. The van der Waals surface area contributed by atoms with Crippen LogP contribution in [0.15, 0.2) is 18.2 Å². The molecule has 0 radical (unpaired) electrons. The quantitative estimate of drug-likeness (QED) is 0.690. The van der Waals surface area contributed by atoms with Gasteiger partial charge in [0, 0.05) is 12.0 Å². The number of hydrogen-bond acceptors (Lipinski definition) is 3. The van der Waals surface area contributed by atoms with Gasteiger partial charge in [0.05, 0.1) is 11.5 Å². The van der Waals surface area contributed by atoms with Crippen molar-refractivity contribution in [3.05, 3.63) is 34.9 Å². The number of aryl methyl sites for hydroxylation is 2. The van der Waals surface area contributed by atoms with E-state index in [1.165, 1.54) is 0 Å². The van der Waals surface area contributed by atoms with E-state index in [4.69, 9.17) is 27.9 Å². The van der Waals surface area contributed by atoms with Gasteiger partial charge in [-0.05, 0) is 25.5 Å². The number of carbonyl (C=O) groups excluding carboxylic acids is 1. The molecule has 19 heavy (non-hydrogen) atoms. The Morgan fingerprint density at radius 3 is 2.58 bits per heavy atom. The summed E-state index contributed by atoms with van der Waals surface area (Å²) in [5.41, 5.74) is 2.61. The number of rotatable bonds is 3. The van der Waals surface area contributed by atoms with Gasteiger partial charge in [-0.1, -0.05) is 17.7 Å². The molecule has 1 N–H and O–H groups in total. The lowest BCUT2D eigenvalue weighted by molar-refractivity contribution is -0.0876. The second kappa shape index (κ2) is 5.80. The van der Waals surface area contributed by atoms with Crippen molar-refractivity contribution in [3.8, 4) is 0 Å². The monoisotopic (exact) mass is 302 g/mol. The highest BCUT2D eigenvalue weighted by Gasteiger charge is 2.42. The maximum Gasteiger partial charge on any atom is 0.172 e. The summed E-state index contributed by atoms with van der Waals surface area (Å²) in [6.45, 7) is 3.82. The van der Waals surface area contributed by atoms with Gasteiger partial charge in [-0.2, -0.15) is 0 Å². The van der Waals surface area contributed by atoms with Gasteiger partial charge >= 0.3 is 0 Å². The number of aliphatic hydroxyl groups excluding tert-OH is 1. The number of aliphatic hydroxyl groups is 1. The van der Waals surface area contributed by atoms with Crippen molar-refractivity contribution in [1.29, 1.82) is 0 Å². The van der Waals surface area contributed by atoms with Crippen molar-refractivity contribution in [3.63, 3.8) is 0 Å². The van der Waals surface area contributed by atoms with Crippen LogP contribution < -0.4 is 0 Å². The molecule has 1 heterocycles. The second-order valence-electron chi connectivity index (χ2n) is 4.90. The predicted molar refractivity (Wildman–Crippen MR) is 75.0 cm³/mol. The van der Waals surface area contributed by atoms with E-state index in [1.54, 1.807) is 0 Å². The number of ketones is 1. The lowest BCUT2D eigenvalue weighted by Crippen LogP contribution is -2.25. The van der Waals surface area contributed by atoms with Crippen molar-refractivity contribution in [1.82, 2.24) is 0 Å². The number of Topliss-reactive ketones (excluding diaryl/α,β-unsaturated/α-hetero) is 1. The molecule has 0 spiro atoms. The third-order valence-electron chi connectivity index (χ3n) is 3.33. The lowest BCUT2D eigenvalue weighted by Gasteiger charge is -2.13. The average molecular weight is 303 g/mol. The van der Waals surface area contributed by atoms with E-state index in [0.717, 1.165) is 11.1 Å². The minimum absolute atomic E-state index is 0.0465. The van der Waals surface area contributed by atoms with Gasteiger partial charge in [-0.3, -0.25) is 4.79 Å². The van der Waals surface area contributed by atoms with Gasteiger partial charge in [0.25, 0.3) is 0 Å². The Labute approximate surface area is 122 Å². The van der Waals surface area contributed by atoms with Crippen LogP contribution in [0.25, 0.3) is 0 Å². The molecule has 1 aromatic rings. The van der Waals surface area contributed by atoms with Gasteiger partial charge in [-0.25, -0.2) is 0 Å². The van der Waals surface area contributed by atoms with Crippen molar-refractivity contribution >= 4 is 29.0 Å². The predicted octanol–water partition coefficient (Wildman–Crippen LogP) is 2.81. The first-order valence-corrected chi connectivity index (χ1v) is 6.99. The van der Waals surface area contributed by atoms with Gasteiger partial charge < -0.3 is 9.84 Å². The Morgan fingerprint density at radius 2 is 2.00 bits per heavy atom. The molecule has 0 aromatic heterocycles. The Hall–Kier alpha value is -0.610. The molecule has 1 aromatic carbocycles. The molecule has 4 atom stereocenters. The molecule has 1 aliphatic heterocycles. The first-order chi connectivity index (χ1) is 8.90. The maximum atomic E-state index is 12.3. The highest BCUT2D eigenvalue weighted by atomic mass is 35.5. The van der Waals surface area contributed by atoms with Crippen LogP contribution in [0.3, 0.4) is 0 Å². The zero-order valence-electron chi connectivity index (χ0n) is 10.8. The summed E-state index contributed by atoms with van der Waals surface area (Å²) in [6.07, 6.45) is -1.54. The van der Waals surface area contributed by atoms with E-state index in [9.17, 15) is 9.90 Å². The summed E-state index contributed by atoms with van der Waals surface area (Å²) >= 11 is 11.9. The largest absolute Gasteiger partial charge is 0.367 e. The van der Waals surface area contributed by atoms with Crippen LogP contribution in [0.1, 0.15) is 27.9 Å². The Bertz CT molecular complexity index is 490. The van der Waals surface area contributed by atoms with Crippen LogP contribution in [0.2, 0.25) is 0 Å². The first kappa shape index (κ1) is 14.8. The van der Waals surface area contributed by atoms with Crippen LogP contribution >= 0.6 is 23.2 Å². The Kier molecular flexibility index (Phi) is 4.51. The minimum Gasteiger partial charge on any atom is -0.367 e.